The smallest absolute Gasteiger partial charge is 0.329 e. The molecule has 0 saturated carbocycles. The van der Waals surface area contributed by atoms with Crippen molar-refractivity contribution in [3.8, 4) is 0 Å². The van der Waals surface area contributed by atoms with Crippen molar-refractivity contribution in [1.29, 1.82) is 0 Å². The first-order valence-electron chi connectivity index (χ1n) is 3.68. The molecular formula is C9H11NO2. The summed E-state index contributed by atoms with van der Waals surface area (Å²) in [6.07, 6.45) is 0. The van der Waals surface area contributed by atoms with E-state index in [4.69, 9.17) is 0 Å². The average molecular weight is 165 g/mol. The molecule has 0 saturated heterocycles. The number of hydrogen-bond acceptors (Lipinski definition) is 3. The van der Waals surface area contributed by atoms with Gasteiger partial charge < -0.3 is 4.84 Å². The number of carbonyl (C=O) groups excluding carboxylic acids is 1. The van der Waals surface area contributed by atoms with Gasteiger partial charge >= 0.3 is 5.97 Å². The highest BCUT2D eigenvalue weighted by Crippen LogP contribution is 2.07. The first kappa shape index (κ1) is 8.59. The van der Waals surface area contributed by atoms with Gasteiger partial charge in [-0.3, -0.25) is 4.79 Å². The first-order valence-corrected chi connectivity index (χ1v) is 3.68. The van der Waals surface area contributed by atoms with Crippen LogP contribution in [-0.2, 0) is 9.63 Å². The fraction of sp³-hybridized carbons (Fsp3) is 0.222. The van der Waals surface area contributed by atoms with Crippen LogP contribution in [0, 0.1) is 6.92 Å². The van der Waals surface area contributed by atoms with Crippen molar-refractivity contribution in [2.45, 2.75) is 13.8 Å². The largest absolute Gasteiger partial charge is 0.344 e. The summed E-state index contributed by atoms with van der Waals surface area (Å²) < 4.78 is 0. The molecule has 0 unspecified atom stereocenters. The van der Waals surface area contributed by atoms with Gasteiger partial charge in [0.25, 0.3) is 0 Å². The average Bonchev–Trinajstić information content (AvgIpc) is 2.03. The number of hydrogen-bond donors (Lipinski definition) is 1. The van der Waals surface area contributed by atoms with E-state index in [0.717, 1.165) is 5.69 Å². The molecule has 1 N–H and O–H groups in total. The molecule has 1 aromatic rings. The van der Waals surface area contributed by atoms with Crippen LogP contribution in [0.25, 0.3) is 0 Å². The second-order valence-corrected chi connectivity index (χ2v) is 2.56. The topological polar surface area (TPSA) is 38.3 Å². The maximum Gasteiger partial charge on any atom is 0.329 e. The Morgan fingerprint density at radius 3 is 2.42 bits per heavy atom. The van der Waals surface area contributed by atoms with E-state index in [0.29, 0.717) is 0 Å². The molecule has 0 bridgehead atoms. The molecule has 0 amide bonds. The van der Waals surface area contributed by atoms with Crippen molar-refractivity contribution in [3.05, 3.63) is 29.8 Å². The summed E-state index contributed by atoms with van der Waals surface area (Å²) in [7, 11) is 0. The quantitative estimate of drug-likeness (QED) is 0.680. The number of anilines is 1. The van der Waals surface area contributed by atoms with Gasteiger partial charge in [0.15, 0.2) is 0 Å². The Kier molecular flexibility index (Phi) is 2.69. The highest BCUT2D eigenvalue weighted by molar-refractivity contribution is 5.67. The summed E-state index contributed by atoms with van der Waals surface area (Å²) >= 11 is 0. The maximum absolute atomic E-state index is 10.4. The molecule has 12 heavy (non-hydrogen) atoms. The van der Waals surface area contributed by atoms with Gasteiger partial charge in [-0.25, -0.2) is 5.48 Å². The van der Waals surface area contributed by atoms with Crippen LogP contribution in [0.2, 0.25) is 0 Å². The molecule has 1 rings (SSSR count). The third kappa shape index (κ3) is 2.62. The minimum atomic E-state index is -0.351. The summed E-state index contributed by atoms with van der Waals surface area (Å²) in [4.78, 5) is 15.0. The molecule has 3 nitrogen and oxygen atoms in total. The molecule has 0 spiro atoms. The van der Waals surface area contributed by atoms with Gasteiger partial charge in [0.2, 0.25) is 0 Å². The van der Waals surface area contributed by atoms with Crippen LogP contribution in [0.1, 0.15) is 12.5 Å². The monoisotopic (exact) mass is 165 g/mol. The van der Waals surface area contributed by atoms with Gasteiger partial charge in [-0.15, -0.1) is 0 Å². The predicted octanol–water partition coefficient (Wildman–Crippen LogP) is 1.89. The standard InChI is InChI=1S/C9H11NO2/c1-7-3-5-9(6-4-7)10-12-8(2)11/h3-6,10H,1-2H3. The van der Waals surface area contributed by atoms with Crippen molar-refractivity contribution >= 4 is 11.7 Å². The number of nitrogens with one attached hydrogen (secondary N) is 1. The fourth-order valence-electron chi connectivity index (χ4n) is 0.752. The minimum Gasteiger partial charge on any atom is -0.344 e. The van der Waals surface area contributed by atoms with E-state index in [2.05, 4.69) is 10.3 Å². The highest BCUT2D eigenvalue weighted by atomic mass is 16.7. The van der Waals surface area contributed by atoms with Crippen LogP contribution in [0.3, 0.4) is 0 Å². The predicted molar refractivity (Wildman–Crippen MR) is 46.6 cm³/mol. The Balaban J connectivity index is 2.53. The van der Waals surface area contributed by atoms with Crippen LogP contribution in [0.4, 0.5) is 5.69 Å². The van der Waals surface area contributed by atoms with Crippen molar-refractivity contribution in [3.63, 3.8) is 0 Å². The zero-order chi connectivity index (χ0) is 8.97. The van der Waals surface area contributed by atoms with E-state index in [1.165, 1.54) is 12.5 Å². The number of carbonyl (C=O) groups is 1. The summed E-state index contributed by atoms with van der Waals surface area (Å²) in [5, 5.41) is 0. The lowest BCUT2D eigenvalue weighted by Gasteiger charge is -2.03. The SMILES string of the molecule is CC(=O)ONc1ccc(C)cc1. The third-order valence-electron chi connectivity index (χ3n) is 1.36. The van der Waals surface area contributed by atoms with Gasteiger partial charge in [0.05, 0.1) is 5.69 Å². The highest BCUT2D eigenvalue weighted by Gasteiger charge is 1.93. The Bertz CT molecular complexity index is 266. The Hall–Kier alpha value is -1.51. The Morgan fingerprint density at radius 1 is 1.33 bits per heavy atom. The third-order valence-corrected chi connectivity index (χ3v) is 1.36. The van der Waals surface area contributed by atoms with Gasteiger partial charge in [0, 0.05) is 6.92 Å². The molecule has 1 aromatic carbocycles. The van der Waals surface area contributed by atoms with E-state index in [1.54, 1.807) is 0 Å². The lowest BCUT2D eigenvalue weighted by atomic mass is 10.2. The molecule has 0 aliphatic carbocycles. The lowest BCUT2D eigenvalue weighted by molar-refractivity contribution is -0.138. The summed E-state index contributed by atoms with van der Waals surface area (Å²) in [6, 6.07) is 7.56. The van der Waals surface area contributed by atoms with Gasteiger partial charge in [0.1, 0.15) is 0 Å². The summed E-state index contributed by atoms with van der Waals surface area (Å²) in [6.45, 7) is 3.34. The van der Waals surface area contributed by atoms with Crippen LogP contribution < -0.4 is 5.48 Å². The Labute approximate surface area is 71.3 Å². The molecule has 3 heteroatoms. The fourth-order valence-corrected chi connectivity index (χ4v) is 0.752. The Morgan fingerprint density at radius 2 is 1.92 bits per heavy atom. The zero-order valence-corrected chi connectivity index (χ0v) is 7.13. The van der Waals surface area contributed by atoms with E-state index in [9.17, 15) is 4.79 Å². The second-order valence-electron chi connectivity index (χ2n) is 2.56. The molecule has 0 fully saturated rings. The molecule has 0 aliphatic rings. The maximum atomic E-state index is 10.4. The molecular weight excluding hydrogens is 154 g/mol. The van der Waals surface area contributed by atoms with Crippen molar-refractivity contribution in [1.82, 2.24) is 0 Å². The lowest BCUT2D eigenvalue weighted by Crippen LogP contribution is -2.05. The molecule has 0 aliphatic heterocycles. The molecule has 0 atom stereocenters. The second kappa shape index (κ2) is 3.76. The van der Waals surface area contributed by atoms with Crippen molar-refractivity contribution in [2.75, 3.05) is 5.48 Å². The summed E-state index contributed by atoms with van der Waals surface area (Å²) in [5.74, 6) is -0.351. The minimum absolute atomic E-state index is 0.351. The van der Waals surface area contributed by atoms with Crippen molar-refractivity contribution < 1.29 is 9.63 Å². The number of aryl methyl sites for hydroxylation is 1. The molecule has 0 heterocycles. The van der Waals surface area contributed by atoms with E-state index in [1.807, 2.05) is 31.2 Å². The number of benzene rings is 1. The van der Waals surface area contributed by atoms with Crippen LogP contribution >= 0.6 is 0 Å². The van der Waals surface area contributed by atoms with Gasteiger partial charge in [-0.2, -0.15) is 0 Å². The van der Waals surface area contributed by atoms with Crippen LogP contribution in [-0.4, -0.2) is 5.97 Å². The van der Waals surface area contributed by atoms with Gasteiger partial charge in [-0.05, 0) is 19.1 Å². The van der Waals surface area contributed by atoms with Crippen molar-refractivity contribution in [2.24, 2.45) is 0 Å². The summed E-state index contributed by atoms with van der Waals surface area (Å²) in [5.41, 5.74) is 4.47. The van der Waals surface area contributed by atoms with E-state index >= 15 is 0 Å². The molecule has 0 radical (unpaired) electrons. The van der Waals surface area contributed by atoms with Crippen LogP contribution in [0.15, 0.2) is 24.3 Å². The van der Waals surface area contributed by atoms with E-state index < -0.39 is 0 Å². The van der Waals surface area contributed by atoms with E-state index in [-0.39, 0.29) is 5.97 Å². The molecule has 0 aromatic heterocycles. The van der Waals surface area contributed by atoms with Gasteiger partial charge in [-0.1, -0.05) is 17.7 Å². The van der Waals surface area contributed by atoms with Crippen LogP contribution in [0.5, 0.6) is 0 Å². The molecule has 64 valence electrons. The number of rotatable bonds is 2. The normalized spacial score (nSPS) is 9.17. The zero-order valence-electron chi connectivity index (χ0n) is 7.13. The first-order chi connectivity index (χ1) is 5.68.